The van der Waals surface area contributed by atoms with Gasteiger partial charge in [0.05, 0.1) is 0 Å². The average Bonchev–Trinajstić information content (AvgIpc) is 2.26. The van der Waals surface area contributed by atoms with Gasteiger partial charge < -0.3 is 0 Å². The molecule has 1 heteroatoms. The van der Waals surface area contributed by atoms with Gasteiger partial charge >= 0.3 is 0 Å². The van der Waals surface area contributed by atoms with Crippen LogP contribution in [0.1, 0.15) is 53.9 Å². The lowest BCUT2D eigenvalue weighted by Gasteiger charge is -2.09. The summed E-state index contributed by atoms with van der Waals surface area (Å²) in [5.74, 6) is 0.693. The van der Waals surface area contributed by atoms with Gasteiger partial charge in [0.15, 0.2) is 0 Å². The van der Waals surface area contributed by atoms with Gasteiger partial charge in [-0.2, -0.15) is 0 Å². The fourth-order valence-electron chi connectivity index (χ4n) is 1.51. The van der Waals surface area contributed by atoms with E-state index >= 15 is 0 Å². The molecule has 0 aliphatic rings. The molecule has 0 heterocycles. The van der Waals surface area contributed by atoms with Crippen molar-refractivity contribution in [1.29, 1.82) is 0 Å². The lowest BCUT2D eigenvalue weighted by Crippen LogP contribution is -1.94. The Morgan fingerprint density at radius 1 is 1.18 bits per heavy atom. The highest BCUT2D eigenvalue weighted by atomic mass is 19.1. The molecule has 0 radical (unpaired) electrons. The van der Waals surface area contributed by atoms with E-state index in [1.54, 1.807) is 6.08 Å². The molecular weight excluding hydrogens is 211 g/mol. The molecule has 0 spiro atoms. The molecule has 0 aromatic rings. The molecule has 1 unspecified atom stereocenters. The van der Waals surface area contributed by atoms with Crippen molar-refractivity contribution in [3.05, 3.63) is 34.9 Å². The molecule has 17 heavy (non-hydrogen) atoms. The molecule has 0 saturated carbocycles. The Morgan fingerprint density at radius 2 is 1.82 bits per heavy atom. The highest BCUT2D eigenvalue weighted by Crippen LogP contribution is 2.17. The van der Waals surface area contributed by atoms with Crippen LogP contribution in [0.2, 0.25) is 0 Å². The second-order valence-electron chi connectivity index (χ2n) is 5.16. The van der Waals surface area contributed by atoms with Gasteiger partial charge in [0.2, 0.25) is 0 Å². The zero-order valence-corrected chi connectivity index (χ0v) is 12.0. The lowest BCUT2D eigenvalue weighted by molar-refractivity contribution is 0.537. The molecule has 0 aromatic carbocycles. The normalized spacial score (nSPS) is 14.1. The second kappa shape index (κ2) is 9.21. The van der Waals surface area contributed by atoms with E-state index in [-0.39, 0.29) is 6.67 Å². The lowest BCUT2D eigenvalue weighted by atomic mass is 9.97. The first-order valence-electron chi connectivity index (χ1n) is 6.49. The maximum atomic E-state index is 12.0. The molecule has 0 bridgehead atoms. The third kappa shape index (κ3) is 8.91. The van der Waals surface area contributed by atoms with Crippen LogP contribution >= 0.6 is 0 Å². The molecule has 0 aromatic heterocycles. The molecule has 0 fully saturated rings. The van der Waals surface area contributed by atoms with Gasteiger partial charge in [-0.05, 0) is 52.9 Å². The predicted octanol–water partition coefficient (Wildman–Crippen LogP) is 5.62. The predicted molar refractivity (Wildman–Crippen MR) is 75.9 cm³/mol. The zero-order chi connectivity index (χ0) is 13.3. The Kier molecular flexibility index (Phi) is 8.75. The summed E-state index contributed by atoms with van der Waals surface area (Å²) >= 11 is 0. The zero-order valence-electron chi connectivity index (χ0n) is 12.0. The average molecular weight is 238 g/mol. The van der Waals surface area contributed by atoms with Gasteiger partial charge in [-0.15, -0.1) is 0 Å². The summed E-state index contributed by atoms with van der Waals surface area (Å²) in [6.45, 7) is 10.4. The summed E-state index contributed by atoms with van der Waals surface area (Å²) in [7, 11) is 0. The van der Waals surface area contributed by atoms with Crippen molar-refractivity contribution in [1.82, 2.24) is 0 Å². The summed E-state index contributed by atoms with van der Waals surface area (Å²) in [5.41, 5.74) is 3.96. The van der Waals surface area contributed by atoms with Crippen LogP contribution < -0.4 is 0 Å². The molecule has 0 N–H and O–H groups in total. The van der Waals surface area contributed by atoms with E-state index in [4.69, 9.17) is 0 Å². The first kappa shape index (κ1) is 16.1. The molecular formula is C16H27F. The van der Waals surface area contributed by atoms with E-state index in [2.05, 4.69) is 33.8 Å². The highest BCUT2D eigenvalue weighted by molar-refractivity contribution is 5.15. The van der Waals surface area contributed by atoms with Crippen LogP contribution in [0.3, 0.4) is 0 Å². The van der Waals surface area contributed by atoms with Crippen molar-refractivity contribution in [2.24, 2.45) is 5.92 Å². The minimum Gasteiger partial charge on any atom is -0.247 e. The Labute approximate surface area is 106 Å². The van der Waals surface area contributed by atoms with Gasteiger partial charge in [0.25, 0.3) is 0 Å². The summed E-state index contributed by atoms with van der Waals surface area (Å²) < 4.78 is 12.0. The second-order valence-corrected chi connectivity index (χ2v) is 5.16. The summed E-state index contributed by atoms with van der Waals surface area (Å²) in [5, 5.41) is 0. The van der Waals surface area contributed by atoms with Crippen LogP contribution in [0.15, 0.2) is 34.9 Å². The summed E-state index contributed by atoms with van der Waals surface area (Å²) in [4.78, 5) is 0. The van der Waals surface area contributed by atoms with Crippen molar-refractivity contribution < 1.29 is 4.39 Å². The SMILES string of the molecule is CC(C=CCC(C)CCC(C)=C(C)C)=CCF. The van der Waals surface area contributed by atoms with Crippen LogP contribution in [-0.4, -0.2) is 6.67 Å². The van der Waals surface area contributed by atoms with Crippen molar-refractivity contribution in [3.63, 3.8) is 0 Å². The molecule has 0 amide bonds. The van der Waals surface area contributed by atoms with Gasteiger partial charge in [-0.3, -0.25) is 0 Å². The highest BCUT2D eigenvalue weighted by Gasteiger charge is 2.01. The maximum Gasteiger partial charge on any atom is 0.108 e. The third-order valence-electron chi connectivity index (χ3n) is 3.18. The largest absolute Gasteiger partial charge is 0.247 e. The fourth-order valence-corrected chi connectivity index (χ4v) is 1.51. The van der Waals surface area contributed by atoms with Crippen molar-refractivity contribution in [3.8, 4) is 0 Å². The maximum absolute atomic E-state index is 12.0. The first-order chi connectivity index (χ1) is 7.97. The molecule has 0 nitrogen and oxygen atoms in total. The van der Waals surface area contributed by atoms with Gasteiger partial charge in [0, 0.05) is 0 Å². The number of hydrogen-bond donors (Lipinski definition) is 0. The molecule has 0 rings (SSSR count). The Morgan fingerprint density at radius 3 is 2.35 bits per heavy atom. The fraction of sp³-hybridized carbons (Fsp3) is 0.625. The molecule has 0 aliphatic carbocycles. The molecule has 0 aliphatic heterocycles. The van der Waals surface area contributed by atoms with E-state index in [0.717, 1.165) is 12.0 Å². The Hall–Kier alpha value is -0.850. The first-order valence-corrected chi connectivity index (χ1v) is 6.49. The molecule has 98 valence electrons. The number of rotatable bonds is 7. The topological polar surface area (TPSA) is 0 Å². The van der Waals surface area contributed by atoms with Crippen molar-refractivity contribution in [2.75, 3.05) is 6.67 Å². The minimum absolute atomic E-state index is 0.370. The number of allylic oxidation sites excluding steroid dienone is 6. The van der Waals surface area contributed by atoms with Crippen LogP contribution in [0, 0.1) is 5.92 Å². The van der Waals surface area contributed by atoms with Crippen LogP contribution in [0.4, 0.5) is 4.39 Å². The van der Waals surface area contributed by atoms with E-state index in [1.165, 1.54) is 24.0 Å². The Bertz CT molecular complexity index is 291. The van der Waals surface area contributed by atoms with Gasteiger partial charge in [0.1, 0.15) is 6.67 Å². The third-order valence-corrected chi connectivity index (χ3v) is 3.18. The van der Waals surface area contributed by atoms with Gasteiger partial charge in [-0.1, -0.05) is 41.9 Å². The van der Waals surface area contributed by atoms with E-state index < -0.39 is 0 Å². The summed E-state index contributed by atoms with van der Waals surface area (Å²) in [6.07, 6.45) is 9.28. The molecule has 0 saturated heterocycles. The summed E-state index contributed by atoms with van der Waals surface area (Å²) in [6, 6.07) is 0. The quantitative estimate of drug-likeness (QED) is 0.399. The minimum atomic E-state index is -0.370. The van der Waals surface area contributed by atoms with Gasteiger partial charge in [-0.25, -0.2) is 4.39 Å². The van der Waals surface area contributed by atoms with Crippen molar-refractivity contribution in [2.45, 2.75) is 53.9 Å². The van der Waals surface area contributed by atoms with Crippen LogP contribution in [0.25, 0.3) is 0 Å². The van der Waals surface area contributed by atoms with E-state index in [9.17, 15) is 4.39 Å². The number of alkyl halides is 1. The van der Waals surface area contributed by atoms with Crippen LogP contribution in [-0.2, 0) is 0 Å². The van der Waals surface area contributed by atoms with E-state index in [0.29, 0.717) is 5.92 Å². The van der Waals surface area contributed by atoms with Crippen molar-refractivity contribution >= 4 is 0 Å². The standard InChI is InChI=1S/C16H27F/c1-13(2)16(5)10-9-14(3)7-6-8-15(4)11-12-17/h6,8,11,14H,7,9-10,12H2,1-5H3. The molecule has 1 atom stereocenters. The Balaban J connectivity index is 3.92. The monoisotopic (exact) mass is 238 g/mol. The number of hydrogen-bond acceptors (Lipinski definition) is 0. The number of halogens is 1. The smallest absolute Gasteiger partial charge is 0.108 e. The van der Waals surface area contributed by atoms with Crippen LogP contribution in [0.5, 0.6) is 0 Å². The van der Waals surface area contributed by atoms with E-state index in [1.807, 2.05) is 13.0 Å².